The zero-order valence-electron chi connectivity index (χ0n) is 10.5. The van der Waals surface area contributed by atoms with Crippen molar-refractivity contribution in [3.05, 3.63) is 35.7 Å². The number of unbranched alkanes of at least 4 members (excludes halogenated alkanes) is 2. The molecule has 18 heavy (non-hydrogen) atoms. The van der Waals surface area contributed by atoms with Crippen LogP contribution >= 0.6 is 0 Å². The molecule has 0 aliphatic heterocycles. The summed E-state index contributed by atoms with van der Waals surface area (Å²) in [6.07, 6.45) is 4.01. The minimum Gasteiger partial charge on any atom is -0.364 e. The fourth-order valence-corrected chi connectivity index (χ4v) is 1.95. The monoisotopic (exact) mass is 243 g/mol. The predicted octanol–water partition coefficient (Wildman–Crippen LogP) is 2.46. The Kier molecular flexibility index (Phi) is 3.87. The van der Waals surface area contributed by atoms with Gasteiger partial charge in [0, 0.05) is 0 Å². The van der Waals surface area contributed by atoms with Gasteiger partial charge in [-0.05, 0) is 25.0 Å². The Balaban J connectivity index is 2.41. The maximum Gasteiger partial charge on any atom is 0.269 e. The summed E-state index contributed by atoms with van der Waals surface area (Å²) >= 11 is 0. The Bertz CT molecular complexity index is 566. The van der Waals surface area contributed by atoms with E-state index in [0.717, 1.165) is 36.9 Å². The molecule has 94 valence electrons. The molecule has 4 heteroatoms. The Morgan fingerprint density at radius 2 is 1.83 bits per heavy atom. The van der Waals surface area contributed by atoms with E-state index >= 15 is 0 Å². The fraction of sp³-hybridized carbons (Fsp3) is 0.357. The van der Waals surface area contributed by atoms with Crippen molar-refractivity contribution in [3.8, 4) is 0 Å². The number of primary amides is 1. The molecule has 0 spiro atoms. The first kappa shape index (κ1) is 12.5. The van der Waals surface area contributed by atoms with Crippen LogP contribution in [0.3, 0.4) is 0 Å². The number of hydrogen-bond acceptors (Lipinski definition) is 3. The van der Waals surface area contributed by atoms with Gasteiger partial charge in [0.1, 0.15) is 5.69 Å². The highest BCUT2D eigenvalue weighted by molar-refractivity contribution is 5.93. The third kappa shape index (κ3) is 2.64. The molecule has 0 radical (unpaired) electrons. The number of carbonyl (C=O) groups excluding carboxylic acids is 1. The third-order valence-corrected chi connectivity index (χ3v) is 2.89. The normalized spacial score (nSPS) is 10.7. The molecule has 0 fully saturated rings. The molecule has 2 aromatic rings. The fourth-order valence-electron chi connectivity index (χ4n) is 1.95. The van der Waals surface area contributed by atoms with Gasteiger partial charge >= 0.3 is 0 Å². The molecule has 0 unspecified atom stereocenters. The highest BCUT2D eigenvalue weighted by Gasteiger charge is 2.12. The van der Waals surface area contributed by atoms with Crippen LogP contribution in [0, 0.1) is 0 Å². The van der Waals surface area contributed by atoms with E-state index in [1.165, 1.54) is 0 Å². The van der Waals surface area contributed by atoms with Crippen molar-refractivity contribution in [2.45, 2.75) is 32.6 Å². The number of nitrogens with two attached hydrogens (primary N) is 1. The lowest BCUT2D eigenvalue weighted by Crippen LogP contribution is -2.17. The number of amides is 1. The minimum absolute atomic E-state index is 0.310. The summed E-state index contributed by atoms with van der Waals surface area (Å²) in [5, 5.41) is 0. The Hall–Kier alpha value is -1.97. The largest absolute Gasteiger partial charge is 0.364 e. The van der Waals surface area contributed by atoms with E-state index in [-0.39, 0.29) is 0 Å². The molecule has 0 saturated carbocycles. The lowest BCUT2D eigenvalue weighted by Gasteiger charge is -2.06. The summed E-state index contributed by atoms with van der Waals surface area (Å²) in [6, 6.07) is 7.52. The Labute approximate surface area is 106 Å². The molecular formula is C14H17N3O. The molecule has 1 aromatic carbocycles. The van der Waals surface area contributed by atoms with Gasteiger partial charge in [0.15, 0.2) is 0 Å². The topological polar surface area (TPSA) is 68.9 Å². The summed E-state index contributed by atoms with van der Waals surface area (Å²) in [4.78, 5) is 20.2. The van der Waals surface area contributed by atoms with Crippen molar-refractivity contribution in [1.29, 1.82) is 0 Å². The van der Waals surface area contributed by atoms with E-state index in [4.69, 9.17) is 5.73 Å². The number of aryl methyl sites for hydroxylation is 1. The number of hydrogen-bond donors (Lipinski definition) is 1. The van der Waals surface area contributed by atoms with E-state index < -0.39 is 5.91 Å². The lowest BCUT2D eigenvalue weighted by molar-refractivity contribution is 0.0994. The zero-order chi connectivity index (χ0) is 13.0. The second-order valence-electron chi connectivity index (χ2n) is 4.33. The van der Waals surface area contributed by atoms with E-state index in [1.54, 1.807) is 0 Å². The van der Waals surface area contributed by atoms with Crippen LogP contribution in [0.1, 0.15) is 42.4 Å². The summed E-state index contributed by atoms with van der Waals surface area (Å²) < 4.78 is 0. The number of para-hydroxylation sites is 2. The second-order valence-corrected chi connectivity index (χ2v) is 4.33. The molecule has 1 heterocycles. The maximum absolute atomic E-state index is 11.4. The first-order chi connectivity index (χ1) is 8.72. The minimum atomic E-state index is -0.500. The zero-order valence-corrected chi connectivity index (χ0v) is 10.5. The average Bonchev–Trinajstić information content (AvgIpc) is 2.38. The van der Waals surface area contributed by atoms with Gasteiger partial charge in [-0.2, -0.15) is 0 Å². The van der Waals surface area contributed by atoms with Crippen LogP contribution in [0.5, 0.6) is 0 Å². The molecule has 2 rings (SSSR count). The molecule has 2 N–H and O–H groups in total. The molecule has 0 atom stereocenters. The van der Waals surface area contributed by atoms with Crippen LogP contribution in [-0.2, 0) is 6.42 Å². The average molecular weight is 243 g/mol. The highest BCUT2D eigenvalue weighted by atomic mass is 16.1. The third-order valence-electron chi connectivity index (χ3n) is 2.89. The van der Waals surface area contributed by atoms with Crippen LogP contribution in [-0.4, -0.2) is 15.9 Å². The van der Waals surface area contributed by atoms with Crippen molar-refractivity contribution in [2.24, 2.45) is 5.73 Å². The van der Waals surface area contributed by atoms with Crippen molar-refractivity contribution in [2.75, 3.05) is 0 Å². The van der Waals surface area contributed by atoms with Crippen LogP contribution in [0.25, 0.3) is 11.0 Å². The van der Waals surface area contributed by atoms with Gasteiger partial charge in [-0.3, -0.25) is 4.79 Å². The quantitative estimate of drug-likeness (QED) is 0.820. The summed E-state index contributed by atoms with van der Waals surface area (Å²) in [6.45, 7) is 2.14. The van der Waals surface area contributed by atoms with Gasteiger partial charge in [-0.25, -0.2) is 9.97 Å². The van der Waals surface area contributed by atoms with Gasteiger partial charge in [0.05, 0.1) is 16.7 Å². The first-order valence-electron chi connectivity index (χ1n) is 6.28. The van der Waals surface area contributed by atoms with Crippen LogP contribution in [0.4, 0.5) is 0 Å². The maximum atomic E-state index is 11.4. The molecule has 1 amide bonds. The summed E-state index contributed by atoms with van der Waals surface area (Å²) in [5.74, 6) is -0.500. The molecule has 0 aliphatic carbocycles. The van der Waals surface area contributed by atoms with E-state index in [9.17, 15) is 4.79 Å². The van der Waals surface area contributed by atoms with Crippen molar-refractivity contribution in [3.63, 3.8) is 0 Å². The second kappa shape index (κ2) is 5.58. The number of rotatable bonds is 5. The SMILES string of the molecule is CCCCCc1nc2ccccc2nc1C(N)=O. The van der Waals surface area contributed by atoms with Crippen molar-refractivity contribution >= 4 is 16.9 Å². The van der Waals surface area contributed by atoms with Gasteiger partial charge in [0.2, 0.25) is 0 Å². The molecule has 0 saturated heterocycles. The highest BCUT2D eigenvalue weighted by Crippen LogP contribution is 2.14. The van der Waals surface area contributed by atoms with Gasteiger partial charge in [-0.1, -0.05) is 31.9 Å². The first-order valence-corrected chi connectivity index (χ1v) is 6.28. The van der Waals surface area contributed by atoms with Gasteiger partial charge in [-0.15, -0.1) is 0 Å². The van der Waals surface area contributed by atoms with E-state index in [1.807, 2.05) is 24.3 Å². The van der Waals surface area contributed by atoms with Crippen molar-refractivity contribution < 1.29 is 4.79 Å². The standard InChI is InChI=1S/C14H17N3O/c1-2-3-4-9-12-13(14(15)18)17-11-8-6-5-7-10(11)16-12/h5-8H,2-4,9H2,1H3,(H2,15,18). The van der Waals surface area contributed by atoms with Crippen molar-refractivity contribution in [1.82, 2.24) is 9.97 Å². The smallest absolute Gasteiger partial charge is 0.269 e. The number of carbonyl (C=O) groups is 1. The summed E-state index contributed by atoms with van der Waals surface area (Å²) in [7, 11) is 0. The molecular weight excluding hydrogens is 226 g/mol. The Morgan fingerprint density at radius 3 is 2.44 bits per heavy atom. The molecule has 0 bridgehead atoms. The number of aromatic nitrogens is 2. The van der Waals surface area contributed by atoms with Gasteiger partial charge < -0.3 is 5.73 Å². The molecule has 1 aromatic heterocycles. The number of benzene rings is 1. The van der Waals surface area contributed by atoms with Crippen LogP contribution < -0.4 is 5.73 Å². The lowest BCUT2D eigenvalue weighted by atomic mass is 10.1. The van der Waals surface area contributed by atoms with E-state index in [2.05, 4.69) is 16.9 Å². The van der Waals surface area contributed by atoms with Crippen LogP contribution in [0.15, 0.2) is 24.3 Å². The molecule has 4 nitrogen and oxygen atoms in total. The summed E-state index contributed by atoms with van der Waals surface area (Å²) in [5.41, 5.74) is 7.92. The van der Waals surface area contributed by atoms with E-state index in [0.29, 0.717) is 11.2 Å². The number of nitrogens with zero attached hydrogens (tertiary/aromatic N) is 2. The molecule has 0 aliphatic rings. The van der Waals surface area contributed by atoms with Crippen LogP contribution in [0.2, 0.25) is 0 Å². The predicted molar refractivity (Wildman–Crippen MR) is 71.3 cm³/mol. The van der Waals surface area contributed by atoms with Gasteiger partial charge in [0.25, 0.3) is 5.91 Å². The Morgan fingerprint density at radius 1 is 1.17 bits per heavy atom. The number of fused-ring (bicyclic) bond motifs is 1.